The molecule has 0 aliphatic rings. The number of halogens is 2. The average molecular weight is 285 g/mol. The second-order valence-electron chi connectivity index (χ2n) is 5.07. The Labute approximate surface area is 120 Å². The van der Waals surface area contributed by atoms with E-state index in [1.807, 2.05) is 0 Å². The van der Waals surface area contributed by atoms with Crippen LogP contribution in [0.1, 0.15) is 57.9 Å². The molecule has 0 unspecified atom stereocenters. The van der Waals surface area contributed by atoms with Crippen molar-refractivity contribution in [3.8, 4) is 0 Å². The normalized spacial score (nSPS) is 11.6. The molecular formula is C16H22ClFO. The van der Waals surface area contributed by atoms with Gasteiger partial charge in [0.1, 0.15) is 5.82 Å². The van der Waals surface area contributed by atoms with Crippen LogP contribution in [-0.4, -0.2) is 5.24 Å². The van der Waals surface area contributed by atoms with E-state index >= 15 is 0 Å². The summed E-state index contributed by atoms with van der Waals surface area (Å²) in [7, 11) is 0. The first-order valence-electron chi connectivity index (χ1n) is 7.02. The topological polar surface area (TPSA) is 17.1 Å². The van der Waals surface area contributed by atoms with E-state index in [9.17, 15) is 9.18 Å². The van der Waals surface area contributed by atoms with Crippen molar-refractivity contribution in [3.63, 3.8) is 0 Å². The smallest absolute Gasteiger partial charge is 0.232 e. The van der Waals surface area contributed by atoms with E-state index in [-0.39, 0.29) is 11.1 Å². The minimum Gasteiger partial charge on any atom is -0.280 e. The molecular weight excluding hydrogens is 263 g/mol. The zero-order chi connectivity index (χ0) is 14.3. The zero-order valence-corrected chi connectivity index (χ0v) is 12.5. The third kappa shape index (κ3) is 4.04. The Kier molecular flexibility index (Phi) is 6.50. The van der Waals surface area contributed by atoms with Gasteiger partial charge in [-0.1, -0.05) is 51.7 Å². The van der Waals surface area contributed by atoms with Crippen LogP contribution < -0.4 is 0 Å². The molecule has 0 aliphatic carbocycles. The van der Waals surface area contributed by atoms with Crippen LogP contribution in [0, 0.1) is 5.82 Å². The first-order chi connectivity index (χ1) is 9.06. The molecule has 0 radical (unpaired) electrons. The van der Waals surface area contributed by atoms with E-state index < -0.39 is 5.41 Å². The molecule has 106 valence electrons. The number of hydrogen-bond donors (Lipinski definition) is 0. The summed E-state index contributed by atoms with van der Waals surface area (Å²) in [6.07, 6.45) is 5.38. The van der Waals surface area contributed by atoms with Gasteiger partial charge in [-0.2, -0.15) is 0 Å². The van der Waals surface area contributed by atoms with E-state index in [2.05, 4.69) is 13.8 Å². The van der Waals surface area contributed by atoms with Gasteiger partial charge in [0.2, 0.25) is 5.24 Å². The van der Waals surface area contributed by atoms with Crippen molar-refractivity contribution in [3.05, 3.63) is 35.6 Å². The summed E-state index contributed by atoms with van der Waals surface area (Å²) in [6.45, 7) is 4.18. The van der Waals surface area contributed by atoms with Crippen LogP contribution in [0.4, 0.5) is 4.39 Å². The Bertz CT molecular complexity index is 392. The van der Waals surface area contributed by atoms with Crippen molar-refractivity contribution in [1.82, 2.24) is 0 Å². The molecule has 0 heterocycles. The summed E-state index contributed by atoms with van der Waals surface area (Å²) in [5.41, 5.74) is 0.192. The Balaban J connectivity index is 3.12. The first kappa shape index (κ1) is 16.2. The van der Waals surface area contributed by atoms with Gasteiger partial charge >= 0.3 is 0 Å². The van der Waals surface area contributed by atoms with Gasteiger partial charge in [0.25, 0.3) is 0 Å². The molecule has 0 amide bonds. The Morgan fingerprint density at radius 2 is 1.58 bits per heavy atom. The number of benzene rings is 1. The molecule has 19 heavy (non-hydrogen) atoms. The number of rotatable bonds is 8. The largest absolute Gasteiger partial charge is 0.280 e. The summed E-state index contributed by atoms with van der Waals surface area (Å²) >= 11 is 5.91. The highest BCUT2D eigenvalue weighted by atomic mass is 35.5. The van der Waals surface area contributed by atoms with Crippen LogP contribution >= 0.6 is 11.6 Å². The molecule has 3 heteroatoms. The van der Waals surface area contributed by atoms with Crippen LogP contribution in [0.3, 0.4) is 0 Å². The second-order valence-corrected chi connectivity index (χ2v) is 5.41. The maximum atomic E-state index is 13.1. The maximum Gasteiger partial charge on any atom is 0.232 e. The molecule has 1 aromatic carbocycles. The van der Waals surface area contributed by atoms with Crippen molar-refractivity contribution in [1.29, 1.82) is 0 Å². The zero-order valence-electron chi connectivity index (χ0n) is 11.7. The van der Waals surface area contributed by atoms with Gasteiger partial charge in [-0.25, -0.2) is 4.39 Å². The molecule has 1 aromatic rings. The molecule has 0 aromatic heterocycles. The maximum absolute atomic E-state index is 13.1. The molecule has 0 saturated carbocycles. The number of carbonyl (C=O) groups is 1. The molecule has 0 spiro atoms. The van der Waals surface area contributed by atoms with E-state index in [1.54, 1.807) is 12.1 Å². The summed E-state index contributed by atoms with van der Waals surface area (Å²) < 4.78 is 13.1. The molecule has 1 nitrogen and oxygen atoms in total. The van der Waals surface area contributed by atoms with Crippen molar-refractivity contribution >= 4 is 16.8 Å². The monoisotopic (exact) mass is 284 g/mol. The highest BCUT2D eigenvalue weighted by Crippen LogP contribution is 2.37. The van der Waals surface area contributed by atoms with Crippen LogP contribution in [-0.2, 0) is 10.2 Å². The highest BCUT2D eigenvalue weighted by molar-refractivity contribution is 6.65. The lowest BCUT2D eigenvalue weighted by Gasteiger charge is -2.30. The van der Waals surface area contributed by atoms with Crippen molar-refractivity contribution in [2.45, 2.75) is 57.8 Å². The van der Waals surface area contributed by atoms with Gasteiger partial charge in [0.05, 0.1) is 5.41 Å². The summed E-state index contributed by atoms with van der Waals surface area (Å²) in [4.78, 5) is 12.0. The van der Waals surface area contributed by atoms with Crippen LogP contribution in [0.2, 0.25) is 0 Å². The third-order valence-corrected chi connectivity index (χ3v) is 4.05. The Hall–Kier alpha value is -0.890. The number of unbranched alkanes of at least 4 members (excludes halogenated alkanes) is 2. The van der Waals surface area contributed by atoms with Crippen LogP contribution in [0.5, 0.6) is 0 Å². The molecule has 0 fully saturated rings. The third-order valence-electron chi connectivity index (χ3n) is 3.69. The van der Waals surface area contributed by atoms with E-state index in [0.29, 0.717) is 0 Å². The van der Waals surface area contributed by atoms with Crippen LogP contribution in [0.15, 0.2) is 24.3 Å². The predicted octanol–water partition coefficient (Wildman–Crippen LogP) is 5.21. The summed E-state index contributed by atoms with van der Waals surface area (Å²) in [5, 5.41) is -0.319. The lowest BCUT2D eigenvalue weighted by atomic mass is 9.73. The fourth-order valence-corrected chi connectivity index (χ4v) is 2.75. The van der Waals surface area contributed by atoms with Crippen LogP contribution in [0.25, 0.3) is 0 Å². The highest BCUT2D eigenvalue weighted by Gasteiger charge is 2.37. The minimum absolute atomic E-state index is 0.286. The standard InChI is InChI=1S/C16H22ClFO/c1-3-5-11-16(15(17)19,12-6-4-2)13-7-9-14(18)10-8-13/h7-10H,3-6,11-12H2,1-2H3. The van der Waals surface area contributed by atoms with Crippen molar-refractivity contribution in [2.75, 3.05) is 0 Å². The average Bonchev–Trinajstić information content (AvgIpc) is 2.40. The number of carbonyl (C=O) groups excluding carboxylic acids is 1. The first-order valence-corrected chi connectivity index (χ1v) is 7.40. The summed E-state index contributed by atoms with van der Waals surface area (Å²) in [6, 6.07) is 6.20. The van der Waals surface area contributed by atoms with E-state index in [4.69, 9.17) is 11.6 Å². The quantitative estimate of drug-likeness (QED) is 0.599. The van der Waals surface area contributed by atoms with Gasteiger partial charge in [-0.15, -0.1) is 0 Å². The van der Waals surface area contributed by atoms with Gasteiger partial charge < -0.3 is 0 Å². The molecule has 0 atom stereocenters. The van der Waals surface area contributed by atoms with Gasteiger partial charge in [-0.05, 0) is 42.1 Å². The number of hydrogen-bond acceptors (Lipinski definition) is 1. The van der Waals surface area contributed by atoms with Gasteiger partial charge in [-0.3, -0.25) is 4.79 Å². The SMILES string of the molecule is CCCCC(CCCC)(C(=O)Cl)c1ccc(F)cc1. The molecule has 0 saturated heterocycles. The van der Waals surface area contributed by atoms with Crippen molar-refractivity contribution < 1.29 is 9.18 Å². The molecule has 1 rings (SSSR count). The fraction of sp³-hybridized carbons (Fsp3) is 0.562. The predicted molar refractivity (Wildman–Crippen MR) is 78.0 cm³/mol. The second kappa shape index (κ2) is 7.64. The fourth-order valence-electron chi connectivity index (χ4n) is 2.45. The van der Waals surface area contributed by atoms with Crippen molar-refractivity contribution in [2.24, 2.45) is 0 Å². The molecule has 0 N–H and O–H groups in total. The summed E-state index contributed by atoms with van der Waals surface area (Å²) in [5.74, 6) is -0.286. The van der Waals surface area contributed by atoms with E-state index in [1.165, 1.54) is 12.1 Å². The molecule has 0 aliphatic heterocycles. The minimum atomic E-state index is -0.652. The van der Waals surface area contributed by atoms with Gasteiger partial charge in [0.15, 0.2) is 0 Å². The van der Waals surface area contributed by atoms with Gasteiger partial charge in [0, 0.05) is 0 Å². The lowest BCUT2D eigenvalue weighted by Crippen LogP contribution is -2.33. The van der Waals surface area contributed by atoms with E-state index in [0.717, 1.165) is 44.1 Å². The Morgan fingerprint density at radius 3 is 1.95 bits per heavy atom. The lowest BCUT2D eigenvalue weighted by molar-refractivity contribution is -0.117. The Morgan fingerprint density at radius 1 is 1.11 bits per heavy atom. The molecule has 0 bridgehead atoms.